The van der Waals surface area contributed by atoms with Crippen LogP contribution in [-0.2, 0) is 6.54 Å². The SMILES string of the molecule is COc1cc2ccccc2cc1C(=O)NCc1ccccc1-n1ccnc1C. The van der Waals surface area contributed by atoms with Crippen molar-refractivity contribution in [3.63, 3.8) is 0 Å². The Morgan fingerprint density at radius 3 is 2.50 bits per heavy atom. The molecule has 0 saturated carbocycles. The predicted octanol–water partition coefficient (Wildman–Crippen LogP) is 4.27. The van der Waals surface area contributed by atoms with Crippen molar-refractivity contribution in [2.24, 2.45) is 0 Å². The maximum absolute atomic E-state index is 12.9. The highest BCUT2D eigenvalue weighted by Crippen LogP contribution is 2.26. The summed E-state index contributed by atoms with van der Waals surface area (Å²) in [4.78, 5) is 17.2. The van der Waals surface area contributed by atoms with Gasteiger partial charge in [-0.15, -0.1) is 0 Å². The van der Waals surface area contributed by atoms with Gasteiger partial charge in [-0.2, -0.15) is 0 Å². The van der Waals surface area contributed by atoms with E-state index in [-0.39, 0.29) is 5.91 Å². The molecular weight excluding hydrogens is 350 g/mol. The minimum absolute atomic E-state index is 0.167. The summed E-state index contributed by atoms with van der Waals surface area (Å²) < 4.78 is 7.46. The van der Waals surface area contributed by atoms with Crippen LogP contribution in [0.25, 0.3) is 16.5 Å². The van der Waals surface area contributed by atoms with Gasteiger partial charge in [-0.25, -0.2) is 4.98 Å². The van der Waals surface area contributed by atoms with Gasteiger partial charge in [0.05, 0.1) is 18.4 Å². The molecule has 5 heteroatoms. The molecule has 0 saturated heterocycles. The molecule has 0 fully saturated rings. The molecule has 0 bridgehead atoms. The van der Waals surface area contributed by atoms with Gasteiger partial charge in [0.25, 0.3) is 5.91 Å². The van der Waals surface area contributed by atoms with Crippen molar-refractivity contribution in [1.82, 2.24) is 14.9 Å². The summed E-state index contributed by atoms with van der Waals surface area (Å²) in [6, 6.07) is 19.7. The molecule has 1 amide bonds. The number of aromatic nitrogens is 2. The quantitative estimate of drug-likeness (QED) is 0.570. The summed E-state index contributed by atoms with van der Waals surface area (Å²) in [5.41, 5.74) is 2.54. The number of hydrogen-bond acceptors (Lipinski definition) is 3. The molecule has 0 radical (unpaired) electrons. The summed E-state index contributed by atoms with van der Waals surface area (Å²) in [6.45, 7) is 2.36. The number of benzene rings is 3. The molecule has 4 rings (SSSR count). The van der Waals surface area contributed by atoms with E-state index in [0.29, 0.717) is 17.9 Å². The summed E-state index contributed by atoms with van der Waals surface area (Å²) in [5.74, 6) is 1.30. The van der Waals surface area contributed by atoms with Crippen LogP contribution in [-0.4, -0.2) is 22.6 Å². The Labute approximate surface area is 163 Å². The van der Waals surface area contributed by atoms with E-state index in [1.165, 1.54) is 0 Å². The van der Waals surface area contributed by atoms with E-state index in [1.807, 2.05) is 78.4 Å². The Morgan fingerprint density at radius 1 is 1.07 bits per heavy atom. The van der Waals surface area contributed by atoms with Crippen molar-refractivity contribution >= 4 is 16.7 Å². The van der Waals surface area contributed by atoms with Crippen LogP contribution >= 0.6 is 0 Å². The molecule has 0 aliphatic heterocycles. The number of hydrogen-bond donors (Lipinski definition) is 1. The highest BCUT2D eigenvalue weighted by Gasteiger charge is 2.14. The van der Waals surface area contributed by atoms with Crippen molar-refractivity contribution in [3.8, 4) is 11.4 Å². The Bertz CT molecular complexity index is 1150. The van der Waals surface area contributed by atoms with Crippen LogP contribution in [0.1, 0.15) is 21.7 Å². The van der Waals surface area contributed by atoms with Gasteiger partial charge in [0.15, 0.2) is 0 Å². The summed E-state index contributed by atoms with van der Waals surface area (Å²) in [6.07, 6.45) is 3.69. The van der Waals surface area contributed by atoms with Gasteiger partial charge in [-0.3, -0.25) is 4.79 Å². The Kier molecular flexibility index (Phi) is 4.81. The molecule has 4 aromatic rings. The summed E-state index contributed by atoms with van der Waals surface area (Å²) in [5, 5.41) is 5.07. The number of amides is 1. The number of fused-ring (bicyclic) bond motifs is 1. The second-order valence-electron chi connectivity index (χ2n) is 6.56. The molecule has 140 valence electrons. The molecule has 5 nitrogen and oxygen atoms in total. The van der Waals surface area contributed by atoms with Gasteiger partial charge >= 0.3 is 0 Å². The van der Waals surface area contributed by atoms with Gasteiger partial charge in [0.2, 0.25) is 0 Å². The highest BCUT2D eigenvalue weighted by atomic mass is 16.5. The number of nitrogens with zero attached hydrogens (tertiary/aromatic N) is 2. The molecule has 0 aliphatic carbocycles. The van der Waals surface area contributed by atoms with Gasteiger partial charge < -0.3 is 14.6 Å². The molecule has 28 heavy (non-hydrogen) atoms. The monoisotopic (exact) mass is 371 g/mol. The lowest BCUT2D eigenvalue weighted by Crippen LogP contribution is -2.24. The average Bonchev–Trinajstić information content (AvgIpc) is 3.16. The second kappa shape index (κ2) is 7.56. The Morgan fingerprint density at radius 2 is 1.79 bits per heavy atom. The molecule has 0 unspecified atom stereocenters. The number of carbonyl (C=O) groups excluding carboxylic acids is 1. The van der Waals surface area contributed by atoms with Gasteiger partial charge in [-0.05, 0) is 41.5 Å². The smallest absolute Gasteiger partial charge is 0.255 e. The number of imidazole rings is 1. The zero-order valence-corrected chi connectivity index (χ0v) is 15.8. The molecule has 0 aliphatic rings. The molecule has 1 N–H and O–H groups in total. The first-order valence-electron chi connectivity index (χ1n) is 9.10. The van der Waals surface area contributed by atoms with E-state index in [0.717, 1.165) is 27.8 Å². The van der Waals surface area contributed by atoms with Gasteiger partial charge in [0.1, 0.15) is 11.6 Å². The molecular formula is C23H21N3O2. The second-order valence-corrected chi connectivity index (χ2v) is 6.56. The summed E-state index contributed by atoms with van der Waals surface area (Å²) >= 11 is 0. The first kappa shape index (κ1) is 17.8. The van der Waals surface area contributed by atoms with Crippen molar-refractivity contribution in [2.45, 2.75) is 13.5 Å². The maximum atomic E-state index is 12.9. The minimum Gasteiger partial charge on any atom is -0.496 e. The average molecular weight is 371 g/mol. The molecule has 0 atom stereocenters. The van der Waals surface area contributed by atoms with Crippen LogP contribution in [0.4, 0.5) is 0 Å². The number of carbonyl (C=O) groups is 1. The van der Waals surface area contributed by atoms with Crippen molar-refractivity contribution < 1.29 is 9.53 Å². The standard InChI is InChI=1S/C23H21N3O2/c1-16-24-11-12-26(16)21-10-6-5-9-19(21)15-25-23(27)20-13-17-7-3-4-8-18(17)14-22(20)28-2/h3-14H,15H2,1-2H3,(H,25,27). The molecule has 1 heterocycles. The number of methoxy groups -OCH3 is 1. The van der Waals surface area contributed by atoms with Crippen LogP contribution in [0, 0.1) is 6.92 Å². The van der Waals surface area contributed by atoms with Crippen molar-refractivity contribution in [1.29, 1.82) is 0 Å². The lowest BCUT2D eigenvalue weighted by molar-refractivity contribution is 0.0948. The highest BCUT2D eigenvalue weighted by molar-refractivity contribution is 6.01. The van der Waals surface area contributed by atoms with Crippen molar-refractivity contribution in [2.75, 3.05) is 7.11 Å². The maximum Gasteiger partial charge on any atom is 0.255 e. The van der Waals surface area contributed by atoms with Crippen LogP contribution in [0.5, 0.6) is 5.75 Å². The minimum atomic E-state index is -0.167. The van der Waals surface area contributed by atoms with E-state index >= 15 is 0 Å². The molecule has 0 spiro atoms. The van der Waals surface area contributed by atoms with Crippen molar-refractivity contribution in [3.05, 3.63) is 90.0 Å². The molecule has 3 aromatic carbocycles. The first-order chi connectivity index (χ1) is 13.7. The van der Waals surface area contributed by atoms with Gasteiger partial charge in [0, 0.05) is 18.9 Å². The topological polar surface area (TPSA) is 56.1 Å². The zero-order chi connectivity index (χ0) is 19.5. The third-order valence-corrected chi connectivity index (χ3v) is 4.83. The van der Waals surface area contributed by atoms with E-state index < -0.39 is 0 Å². The van der Waals surface area contributed by atoms with E-state index in [9.17, 15) is 4.79 Å². The van der Waals surface area contributed by atoms with E-state index in [1.54, 1.807) is 13.3 Å². The lowest BCUT2D eigenvalue weighted by atomic mass is 10.0. The van der Waals surface area contributed by atoms with E-state index in [2.05, 4.69) is 10.3 Å². The fraction of sp³-hybridized carbons (Fsp3) is 0.130. The Balaban J connectivity index is 1.61. The zero-order valence-electron chi connectivity index (χ0n) is 15.8. The Hall–Kier alpha value is -3.60. The van der Waals surface area contributed by atoms with Crippen LogP contribution in [0.2, 0.25) is 0 Å². The number of nitrogens with one attached hydrogen (secondary N) is 1. The lowest BCUT2D eigenvalue weighted by Gasteiger charge is -2.14. The number of rotatable bonds is 5. The van der Waals surface area contributed by atoms with Crippen LogP contribution in [0.3, 0.4) is 0 Å². The third kappa shape index (κ3) is 3.34. The normalized spacial score (nSPS) is 10.8. The predicted molar refractivity (Wildman–Crippen MR) is 110 cm³/mol. The van der Waals surface area contributed by atoms with Crippen LogP contribution < -0.4 is 10.1 Å². The first-order valence-corrected chi connectivity index (χ1v) is 9.10. The van der Waals surface area contributed by atoms with Gasteiger partial charge in [-0.1, -0.05) is 42.5 Å². The fourth-order valence-corrected chi connectivity index (χ4v) is 3.36. The largest absolute Gasteiger partial charge is 0.496 e. The fourth-order valence-electron chi connectivity index (χ4n) is 3.36. The van der Waals surface area contributed by atoms with Crippen LogP contribution in [0.15, 0.2) is 73.1 Å². The number of para-hydroxylation sites is 1. The van der Waals surface area contributed by atoms with E-state index in [4.69, 9.17) is 4.74 Å². The third-order valence-electron chi connectivity index (χ3n) is 4.83. The summed E-state index contributed by atoms with van der Waals surface area (Å²) in [7, 11) is 1.58. The number of ether oxygens (including phenoxy) is 1. The molecule has 1 aromatic heterocycles. The number of aryl methyl sites for hydroxylation is 1.